The Kier molecular flexibility index (Phi) is 4.02. The molecule has 0 spiro atoms. The van der Waals surface area contributed by atoms with Gasteiger partial charge in [-0.3, -0.25) is 9.59 Å². The first-order chi connectivity index (χ1) is 15.7. The largest absolute Gasteiger partial charge is 0.417 e. The summed E-state index contributed by atoms with van der Waals surface area (Å²) in [4.78, 5) is 28.5. The predicted octanol–water partition coefficient (Wildman–Crippen LogP) is 5.93. The normalized spacial score (nSPS) is 27.4. The van der Waals surface area contributed by atoms with Crippen molar-refractivity contribution in [3.8, 4) is 0 Å². The number of alkyl halides is 3. The molecule has 3 aliphatic carbocycles. The minimum atomic E-state index is -4.71. The highest BCUT2D eigenvalue weighted by Crippen LogP contribution is 2.64. The highest BCUT2D eigenvalue weighted by molar-refractivity contribution is 6.31. The fourth-order valence-electron chi connectivity index (χ4n) is 6.27. The van der Waals surface area contributed by atoms with Gasteiger partial charge in [0.05, 0.1) is 28.1 Å². The van der Waals surface area contributed by atoms with Gasteiger partial charge in [-0.05, 0) is 40.5 Å². The molecular weight excluding hydrogens is 451 g/mol. The van der Waals surface area contributed by atoms with Crippen molar-refractivity contribution in [1.82, 2.24) is 0 Å². The van der Waals surface area contributed by atoms with E-state index < -0.39 is 45.8 Å². The number of nitrogens with zero attached hydrogens (tertiary/aromatic N) is 1. The minimum absolute atomic E-state index is 0.104. The highest BCUT2D eigenvalue weighted by atomic mass is 35.5. The zero-order valence-corrected chi connectivity index (χ0v) is 18.1. The summed E-state index contributed by atoms with van der Waals surface area (Å²) in [6, 6.07) is 18.8. The average Bonchev–Trinajstić information content (AvgIpc) is 3.05. The van der Waals surface area contributed by atoms with Crippen molar-refractivity contribution < 1.29 is 22.8 Å². The van der Waals surface area contributed by atoms with E-state index in [2.05, 4.69) is 0 Å². The fraction of sp³-hybridized carbons (Fsp3) is 0.231. The van der Waals surface area contributed by atoms with Crippen LogP contribution in [0.4, 0.5) is 18.9 Å². The second-order valence-electron chi connectivity index (χ2n) is 9.03. The van der Waals surface area contributed by atoms with Crippen LogP contribution in [0.15, 0.2) is 66.7 Å². The third kappa shape index (κ3) is 2.47. The molecule has 3 nitrogen and oxygen atoms in total. The number of amides is 2. The molecule has 2 amide bonds. The van der Waals surface area contributed by atoms with Crippen LogP contribution in [0.5, 0.6) is 0 Å². The van der Waals surface area contributed by atoms with Gasteiger partial charge >= 0.3 is 6.18 Å². The first-order valence-corrected chi connectivity index (χ1v) is 11.0. The van der Waals surface area contributed by atoms with E-state index in [9.17, 15) is 22.8 Å². The lowest BCUT2D eigenvalue weighted by Crippen LogP contribution is -2.51. The van der Waals surface area contributed by atoms with Crippen molar-refractivity contribution in [3.63, 3.8) is 0 Å². The molecule has 33 heavy (non-hydrogen) atoms. The number of benzene rings is 3. The molecule has 1 aliphatic heterocycles. The van der Waals surface area contributed by atoms with Crippen LogP contribution in [-0.4, -0.2) is 11.8 Å². The second kappa shape index (κ2) is 6.48. The number of halogens is 4. The third-order valence-corrected chi connectivity index (χ3v) is 7.89. The SMILES string of the molecule is CC12c3ccccc3C(c3ccccc31)[C@H]1C(=O)N(c3ccc(Cl)c(C(F)(F)F)c3)C(=O)[C@H]12. The van der Waals surface area contributed by atoms with Gasteiger partial charge in [0.25, 0.3) is 0 Å². The lowest BCUT2D eigenvalue weighted by molar-refractivity contribution is -0.137. The van der Waals surface area contributed by atoms with Crippen LogP contribution in [0.1, 0.15) is 40.7 Å². The number of carbonyl (C=O) groups excluding carboxylic acids is 2. The lowest BCUT2D eigenvalue weighted by atomic mass is 9.48. The smallest absolute Gasteiger partial charge is 0.274 e. The van der Waals surface area contributed by atoms with Crippen molar-refractivity contribution in [1.29, 1.82) is 0 Å². The molecule has 7 heteroatoms. The summed E-state index contributed by atoms with van der Waals surface area (Å²) in [5.74, 6) is -2.67. The molecule has 4 aliphatic rings. The van der Waals surface area contributed by atoms with Crippen molar-refractivity contribution >= 4 is 29.1 Å². The molecule has 1 saturated heterocycles. The second-order valence-corrected chi connectivity index (χ2v) is 9.44. The Morgan fingerprint density at radius 3 is 2.03 bits per heavy atom. The monoisotopic (exact) mass is 467 g/mol. The summed E-state index contributed by atoms with van der Waals surface area (Å²) in [6.07, 6.45) is -4.71. The summed E-state index contributed by atoms with van der Waals surface area (Å²) in [5.41, 5.74) is 2.03. The Labute approximate surface area is 192 Å². The van der Waals surface area contributed by atoms with Crippen LogP contribution in [0.25, 0.3) is 0 Å². The van der Waals surface area contributed by atoms with E-state index in [1.54, 1.807) is 0 Å². The third-order valence-electron chi connectivity index (χ3n) is 7.56. The summed E-state index contributed by atoms with van der Waals surface area (Å²) >= 11 is 5.77. The zero-order valence-electron chi connectivity index (χ0n) is 17.4. The summed E-state index contributed by atoms with van der Waals surface area (Å²) < 4.78 is 40.5. The molecule has 1 fully saturated rings. The van der Waals surface area contributed by atoms with E-state index in [1.807, 2.05) is 55.5 Å². The standard InChI is InChI=1S/C26H17ClF3NO2/c1-25-16-8-4-2-6-14(16)20(15-7-3-5-9-17(15)25)21-22(25)24(33)31(23(21)32)13-10-11-19(27)18(12-13)26(28,29)30/h2-12,20-22H,1H3/t20?,21-,22+,25?/m1/s1. The molecule has 2 bridgehead atoms. The van der Waals surface area contributed by atoms with Gasteiger partial charge in [0.2, 0.25) is 11.8 Å². The Balaban J connectivity index is 1.56. The van der Waals surface area contributed by atoms with E-state index in [0.29, 0.717) is 0 Å². The number of hydrogen-bond acceptors (Lipinski definition) is 2. The Bertz CT molecular complexity index is 1320. The van der Waals surface area contributed by atoms with Gasteiger partial charge in [0.1, 0.15) is 0 Å². The van der Waals surface area contributed by atoms with Crippen LogP contribution >= 0.6 is 11.6 Å². The minimum Gasteiger partial charge on any atom is -0.274 e. The van der Waals surface area contributed by atoms with Crippen LogP contribution in [0, 0.1) is 11.8 Å². The number of carbonyl (C=O) groups is 2. The van der Waals surface area contributed by atoms with Crippen molar-refractivity contribution in [2.45, 2.75) is 24.4 Å². The van der Waals surface area contributed by atoms with E-state index >= 15 is 0 Å². The van der Waals surface area contributed by atoms with E-state index in [4.69, 9.17) is 11.6 Å². The van der Waals surface area contributed by atoms with E-state index in [0.717, 1.165) is 39.3 Å². The van der Waals surface area contributed by atoms with Gasteiger partial charge in [-0.2, -0.15) is 13.2 Å². The molecule has 0 saturated carbocycles. The molecule has 0 N–H and O–H groups in total. The van der Waals surface area contributed by atoms with Crippen LogP contribution in [0.2, 0.25) is 5.02 Å². The van der Waals surface area contributed by atoms with Gasteiger partial charge < -0.3 is 0 Å². The van der Waals surface area contributed by atoms with Gasteiger partial charge in [0.15, 0.2) is 0 Å². The molecule has 0 aromatic heterocycles. The summed E-state index contributed by atoms with van der Waals surface area (Å²) in [7, 11) is 0. The van der Waals surface area contributed by atoms with Gasteiger partial charge in [-0.15, -0.1) is 0 Å². The first-order valence-electron chi connectivity index (χ1n) is 10.6. The molecule has 0 radical (unpaired) electrons. The lowest BCUT2D eigenvalue weighted by Gasteiger charge is -2.52. The maximum absolute atomic E-state index is 13.8. The van der Waals surface area contributed by atoms with Crippen molar-refractivity contribution in [3.05, 3.63) is 99.6 Å². The fourth-order valence-corrected chi connectivity index (χ4v) is 6.50. The van der Waals surface area contributed by atoms with Gasteiger partial charge in [-0.25, -0.2) is 4.90 Å². The molecule has 3 aromatic carbocycles. The van der Waals surface area contributed by atoms with Crippen LogP contribution < -0.4 is 4.90 Å². The molecule has 2 atom stereocenters. The highest BCUT2D eigenvalue weighted by Gasteiger charge is 2.66. The Morgan fingerprint density at radius 1 is 0.879 bits per heavy atom. The quantitative estimate of drug-likeness (QED) is 0.416. The molecular formula is C26H17ClF3NO2. The number of imide groups is 1. The van der Waals surface area contributed by atoms with Gasteiger partial charge in [-0.1, -0.05) is 67.1 Å². The number of hydrogen-bond donors (Lipinski definition) is 0. The Hall–Kier alpha value is -3.12. The molecule has 1 heterocycles. The molecule has 3 aromatic rings. The topological polar surface area (TPSA) is 37.4 Å². The zero-order chi connectivity index (χ0) is 23.3. The molecule has 0 unspecified atom stereocenters. The molecule has 166 valence electrons. The predicted molar refractivity (Wildman–Crippen MR) is 117 cm³/mol. The van der Waals surface area contributed by atoms with Crippen molar-refractivity contribution in [2.24, 2.45) is 11.8 Å². The maximum Gasteiger partial charge on any atom is 0.417 e. The first kappa shape index (κ1) is 20.5. The van der Waals surface area contributed by atoms with Crippen LogP contribution in [0.3, 0.4) is 0 Å². The number of rotatable bonds is 1. The van der Waals surface area contributed by atoms with E-state index in [-0.39, 0.29) is 11.6 Å². The van der Waals surface area contributed by atoms with Crippen molar-refractivity contribution in [2.75, 3.05) is 4.90 Å². The summed E-state index contributed by atoms with van der Waals surface area (Å²) in [5, 5.41) is -0.477. The molecule has 7 rings (SSSR count). The maximum atomic E-state index is 13.8. The Morgan fingerprint density at radius 2 is 1.45 bits per heavy atom. The number of anilines is 1. The van der Waals surface area contributed by atoms with E-state index in [1.165, 1.54) is 6.07 Å². The summed E-state index contributed by atoms with van der Waals surface area (Å²) in [6.45, 7) is 1.97. The van der Waals surface area contributed by atoms with Gasteiger partial charge in [0, 0.05) is 11.3 Å². The average molecular weight is 468 g/mol. The van der Waals surface area contributed by atoms with Crippen LogP contribution in [-0.2, 0) is 21.2 Å².